The second-order valence-corrected chi connectivity index (χ2v) is 8.27. The van der Waals surface area contributed by atoms with E-state index in [4.69, 9.17) is 0 Å². The Morgan fingerprint density at radius 1 is 1.20 bits per heavy atom. The molecular formula is C15H24N2O2S. The Labute approximate surface area is 122 Å². The van der Waals surface area contributed by atoms with Gasteiger partial charge in [0.25, 0.3) is 0 Å². The van der Waals surface area contributed by atoms with Gasteiger partial charge in [0.2, 0.25) is 10.0 Å². The summed E-state index contributed by atoms with van der Waals surface area (Å²) < 4.78 is 25.4. The number of benzene rings is 1. The highest BCUT2D eigenvalue weighted by molar-refractivity contribution is 7.92. The molecule has 1 atom stereocenters. The van der Waals surface area contributed by atoms with Crippen LogP contribution in [0.5, 0.6) is 0 Å². The van der Waals surface area contributed by atoms with E-state index < -0.39 is 10.0 Å². The summed E-state index contributed by atoms with van der Waals surface area (Å²) in [4.78, 5) is 0. The number of anilines is 2. The first-order chi connectivity index (χ1) is 9.25. The summed E-state index contributed by atoms with van der Waals surface area (Å²) in [6.07, 6.45) is 5.89. The molecule has 1 aromatic rings. The molecule has 2 N–H and O–H groups in total. The van der Waals surface area contributed by atoms with Gasteiger partial charge in [-0.3, -0.25) is 4.72 Å². The van der Waals surface area contributed by atoms with Crippen molar-refractivity contribution in [1.82, 2.24) is 0 Å². The van der Waals surface area contributed by atoms with Crippen molar-refractivity contribution < 1.29 is 8.42 Å². The molecule has 0 bridgehead atoms. The first-order valence-corrected chi connectivity index (χ1v) is 8.98. The van der Waals surface area contributed by atoms with Gasteiger partial charge in [0.05, 0.1) is 17.6 Å². The zero-order valence-electron chi connectivity index (χ0n) is 12.4. The second kappa shape index (κ2) is 5.64. The molecule has 0 saturated heterocycles. The summed E-state index contributed by atoms with van der Waals surface area (Å²) in [6, 6.07) is 7.88. The number of nitrogens with one attached hydrogen (secondary N) is 2. The van der Waals surface area contributed by atoms with Crippen LogP contribution in [0.15, 0.2) is 24.3 Å². The van der Waals surface area contributed by atoms with Crippen molar-refractivity contribution in [3.63, 3.8) is 0 Å². The van der Waals surface area contributed by atoms with Crippen LogP contribution in [0.25, 0.3) is 0 Å². The van der Waals surface area contributed by atoms with Crippen molar-refractivity contribution in [1.29, 1.82) is 0 Å². The standard InChI is InChI=1S/C15H24N2O2S/c1-15(2)10-6-7-12(11-15)16-13-8-4-5-9-14(13)17-20(3,18)19/h4-5,8-9,12,16-17H,6-7,10-11H2,1-3H3. The Bertz CT molecular complexity index is 567. The van der Waals surface area contributed by atoms with Crippen LogP contribution in [0.4, 0.5) is 11.4 Å². The molecule has 1 unspecified atom stereocenters. The lowest BCUT2D eigenvalue weighted by Crippen LogP contribution is -2.32. The topological polar surface area (TPSA) is 58.2 Å². The Morgan fingerprint density at radius 3 is 2.45 bits per heavy atom. The average molecular weight is 296 g/mol. The molecule has 1 aliphatic carbocycles. The van der Waals surface area contributed by atoms with Crippen molar-refractivity contribution in [2.45, 2.75) is 45.6 Å². The van der Waals surface area contributed by atoms with Crippen LogP contribution in [0, 0.1) is 5.41 Å². The van der Waals surface area contributed by atoms with Crippen LogP contribution in [-0.2, 0) is 10.0 Å². The summed E-state index contributed by atoms with van der Waals surface area (Å²) in [5, 5.41) is 3.50. The van der Waals surface area contributed by atoms with Crippen LogP contribution >= 0.6 is 0 Å². The summed E-state index contributed by atoms with van der Waals surface area (Å²) in [5.41, 5.74) is 1.84. The fourth-order valence-electron chi connectivity index (χ4n) is 2.94. The van der Waals surface area contributed by atoms with E-state index in [0.29, 0.717) is 17.1 Å². The van der Waals surface area contributed by atoms with Crippen LogP contribution in [0.2, 0.25) is 0 Å². The maximum atomic E-state index is 11.4. The molecule has 1 fully saturated rings. The van der Waals surface area contributed by atoms with Crippen molar-refractivity contribution in [2.75, 3.05) is 16.3 Å². The molecule has 4 nitrogen and oxygen atoms in total. The van der Waals surface area contributed by atoms with Crippen LogP contribution in [0.3, 0.4) is 0 Å². The monoisotopic (exact) mass is 296 g/mol. The highest BCUT2D eigenvalue weighted by Gasteiger charge is 2.28. The lowest BCUT2D eigenvalue weighted by atomic mass is 9.75. The Balaban J connectivity index is 2.13. The zero-order chi connectivity index (χ0) is 14.8. The van der Waals surface area contributed by atoms with Gasteiger partial charge >= 0.3 is 0 Å². The summed E-state index contributed by atoms with van der Waals surface area (Å²) in [6.45, 7) is 4.59. The van der Waals surface area contributed by atoms with Crippen molar-refractivity contribution in [3.8, 4) is 0 Å². The number of hydrogen-bond acceptors (Lipinski definition) is 3. The van der Waals surface area contributed by atoms with Crippen molar-refractivity contribution in [2.24, 2.45) is 5.41 Å². The Morgan fingerprint density at radius 2 is 1.85 bits per heavy atom. The predicted octanol–water partition coefficient (Wildman–Crippen LogP) is 3.44. The van der Waals surface area contributed by atoms with Gasteiger partial charge < -0.3 is 5.32 Å². The predicted molar refractivity (Wildman–Crippen MR) is 84.6 cm³/mol. The molecule has 0 heterocycles. The SMILES string of the molecule is CC1(C)CCCC(Nc2ccccc2NS(C)(=O)=O)C1. The second-order valence-electron chi connectivity index (χ2n) is 6.52. The third-order valence-electron chi connectivity index (χ3n) is 3.79. The molecule has 0 aliphatic heterocycles. The molecule has 2 rings (SSSR count). The molecule has 0 spiro atoms. The number of sulfonamides is 1. The minimum absolute atomic E-state index is 0.356. The zero-order valence-corrected chi connectivity index (χ0v) is 13.3. The number of para-hydroxylation sites is 2. The third kappa shape index (κ3) is 4.40. The molecule has 1 aromatic carbocycles. The molecule has 20 heavy (non-hydrogen) atoms. The van der Waals surface area contributed by atoms with Crippen molar-refractivity contribution in [3.05, 3.63) is 24.3 Å². The quantitative estimate of drug-likeness (QED) is 0.895. The van der Waals surface area contributed by atoms with Gasteiger partial charge in [0.1, 0.15) is 0 Å². The van der Waals surface area contributed by atoms with E-state index >= 15 is 0 Å². The van der Waals surface area contributed by atoms with E-state index in [1.54, 1.807) is 6.07 Å². The number of hydrogen-bond donors (Lipinski definition) is 2. The molecule has 1 saturated carbocycles. The van der Waals surface area contributed by atoms with Crippen LogP contribution < -0.4 is 10.0 Å². The highest BCUT2D eigenvalue weighted by atomic mass is 32.2. The van der Waals surface area contributed by atoms with E-state index in [1.165, 1.54) is 19.1 Å². The van der Waals surface area contributed by atoms with E-state index in [9.17, 15) is 8.42 Å². The lowest BCUT2D eigenvalue weighted by molar-refractivity contribution is 0.229. The van der Waals surface area contributed by atoms with Gasteiger partial charge in [0, 0.05) is 6.04 Å². The van der Waals surface area contributed by atoms with E-state index in [-0.39, 0.29) is 0 Å². The van der Waals surface area contributed by atoms with E-state index in [0.717, 1.165) is 18.5 Å². The average Bonchev–Trinajstić information content (AvgIpc) is 2.28. The summed E-state index contributed by atoms with van der Waals surface area (Å²) in [5.74, 6) is 0. The molecule has 0 amide bonds. The minimum Gasteiger partial charge on any atom is -0.381 e. The molecular weight excluding hydrogens is 272 g/mol. The smallest absolute Gasteiger partial charge is 0.229 e. The van der Waals surface area contributed by atoms with E-state index in [1.807, 2.05) is 18.2 Å². The van der Waals surface area contributed by atoms with Crippen LogP contribution in [0.1, 0.15) is 39.5 Å². The summed E-state index contributed by atoms with van der Waals surface area (Å²) >= 11 is 0. The molecule has 1 aliphatic rings. The summed E-state index contributed by atoms with van der Waals surface area (Å²) in [7, 11) is -3.25. The van der Waals surface area contributed by atoms with Gasteiger partial charge in [-0.2, -0.15) is 0 Å². The maximum Gasteiger partial charge on any atom is 0.229 e. The van der Waals surface area contributed by atoms with Crippen molar-refractivity contribution >= 4 is 21.4 Å². The Hall–Kier alpha value is -1.23. The largest absolute Gasteiger partial charge is 0.381 e. The minimum atomic E-state index is -3.25. The third-order valence-corrected chi connectivity index (χ3v) is 4.38. The molecule has 0 aromatic heterocycles. The van der Waals surface area contributed by atoms with Gasteiger partial charge in [-0.15, -0.1) is 0 Å². The molecule has 5 heteroatoms. The van der Waals surface area contributed by atoms with Gasteiger partial charge in [-0.1, -0.05) is 32.4 Å². The fourth-order valence-corrected chi connectivity index (χ4v) is 3.52. The van der Waals surface area contributed by atoms with E-state index in [2.05, 4.69) is 23.9 Å². The normalized spacial score (nSPS) is 22.2. The first kappa shape index (κ1) is 15.2. The lowest BCUT2D eigenvalue weighted by Gasteiger charge is -2.36. The number of rotatable bonds is 4. The van der Waals surface area contributed by atoms with Gasteiger partial charge in [-0.05, 0) is 36.8 Å². The fraction of sp³-hybridized carbons (Fsp3) is 0.600. The molecule has 112 valence electrons. The highest BCUT2D eigenvalue weighted by Crippen LogP contribution is 2.37. The Kier molecular flexibility index (Phi) is 4.28. The first-order valence-electron chi connectivity index (χ1n) is 7.09. The van der Waals surface area contributed by atoms with Crippen LogP contribution in [-0.4, -0.2) is 20.7 Å². The molecule has 0 radical (unpaired) electrons. The van der Waals surface area contributed by atoms with Gasteiger partial charge in [0.15, 0.2) is 0 Å². The van der Waals surface area contributed by atoms with Gasteiger partial charge in [-0.25, -0.2) is 8.42 Å². The maximum absolute atomic E-state index is 11.4.